The number of fused-ring (bicyclic) bond motifs is 1. The molecule has 2 heterocycles. The van der Waals surface area contributed by atoms with Crippen molar-refractivity contribution in [3.63, 3.8) is 0 Å². The molecule has 0 unspecified atom stereocenters. The predicted octanol–water partition coefficient (Wildman–Crippen LogP) is 5.04. The number of imidazole rings is 1. The second-order valence-electron chi connectivity index (χ2n) is 7.50. The molecule has 3 aromatic rings. The van der Waals surface area contributed by atoms with Gasteiger partial charge in [-0.05, 0) is 62.1 Å². The topological polar surface area (TPSA) is 39.5 Å². The third-order valence-electron chi connectivity index (χ3n) is 5.33. The molecule has 5 nitrogen and oxygen atoms in total. The lowest BCUT2D eigenvalue weighted by Crippen LogP contribution is -2.21. The maximum atomic E-state index is 5.94. The second kappa shape index (κ2) is 9.61. The summed E-state index contributed by atoms with van der Waals surface area (Å²) in [6.45, 7) is 6.44. The van der Waals surface area contributed by atoms with E-state index in [9.17, 15) is 0 Å². The highest BCUT2D eigenvalue weighted by Gasteiger charge is 2.14. The van der Waals surface area contributed by atoms with Crippen LogP contribution in [0.3, 0.4) is 0 Å². The summed E-state index contributed by atoms with van der Waals surface area (Å²) in [4.78, 5) is 10.8. The molecule has 0 radical (unpaired) electrons. The van der Waals surface area contributed by atoms with E-state index >= 15 is 0 Å². The van der Waals surface area contributed by atoms with Crippen LogP contribution in [0, 0.1) is 6.92 Å². The normalized spacial score (nSPS) is 14.7. The average molecular weight is 414 g/mol. The highest BCUT2D eigenvalue weighted by molar-refractivity contribution is 6.30. The predicted molar refractivity (Wildman–Crippen MR) is 116 cm³/mol. The van der Waals surface area contributed by atoms with Crippen molar-refractivity contribution in [1.82, 2.24) is 14.6 Å². The molecule has 0 N–H and O–H groups in total. The van der Waals surface area contributed by atoms with Gasteiger partial charge in [0.15, 0.2) is 0 Å². The molecule has 154 valence electrons. The number of aromatic nitrogens is 2. The number of halogens is 1. The molecule has 1 aromatic heterocycles. The minimum Gasteiger partial charge on any atom is -0.493 e. The third kappa shape index (κ3) is 5.10. The molecule has 1 aliphatic rings. The van der Waals surface area contributed by atoms with Crippen molar-refractivity contribution >= 4 is 22.6 Å². The van der Waals surface area contributed by atoms with Gasteiger partial charge in [0.2, 0.25) is 0 Å². The van der Waals surface area contributed by atoms with Crippen molar-refractivity contribution in [3.05, 3.63) is 58.9 Å². The number of hydrogen-bond acceptors (Lipinski definition) is 4. The van der Waals surface area contributed by atoms with Gasteiger partial charge in [0.1, 0.15) is 11.6 Å². The van der Waals surface area contributed by atoms with Gasteiger partial charge in [0.05, 0.1) is 24.2 Å². The summed E-state index contributed by atoms with van der Waals surface area (Å²) in [6, 6.07) is 13.8. The summed E-state index contributed by atoms with van der Waals surface area (Å²) in [6.07, 6.45) is 4.19. The van der Waals surface area contributed by atoms with E-state index in [1.54, 1.807) is 0 Å². The number of hydroxylamine groups is 2. The average Bonchev–Trinajstić information content (AvgIpc) is 3.36. The fourth-order valence-corrected chi connectivity index (χ4v) is 3.93. The summed E-state index contributed by atoms with van der Waals surface area (Å²) in [7, 11) is 0. The molecule has 0 atom stereocenters. The lowest BCUT2D eigenvalue weighted by molar-refractivity contribution is -0.143. The van der Waals surface area contributed by atoms with Gasteiger partial charge in [-0.3, -0.25) is 4.84 Å². The standard InChI is InChI=1S/C23H28ClN3O2/c1-18-6-4-7-21-23(18)25-22(12-17-28-20-10-8-19(24)9-11-20)27(21)15-5-16-29-26-13-2-3-14-26/h4,6-11H,2-3,5,12-17H2,1H3. The third-order valence-corrected chi connectivity index (χ3v) is 5.58. The first kappa shape index (κ1) is 20.2. The zero-order chi connectivity index (χ0) is 20.1. The number of para-hydroxylation sites is 1. The minimum atomic E-state index is 0.578. The molecule has 6 heteroatoms. The smallest absolute Gasteiger partial charge is 0.119 e. The van der Waals surface area contributed by atoms with Gasteiger partial charge < -0.3 is 9.30 Å². The van der Waals surface area contributed by atoms with Crippen molar-refractivity contribution in [1.29, 1.82) is 0 Å². The van der Waals surface area contributed by atoms with E-state index in [2.05, 4.69) is 34.8 Å². The van der Waals surface area contributed by atoms with Crippen molar-refractivity contribution in [3.8, 4) is 5.75 Å². The highest BCUT2D eigenvalue weighted by Crippen LogP contribution is 2.21. The van der Waals surface area contributed by atoms with Gasteiger partial charge in [-0.15, -0.1) is 0 Å². The maximum Gasteiger partial charge on any atom is 0.119 e. The summed E-state index contributed by atoms with van der Waals surface area (Å²) in [5.41, 5.74) is 3.47. The molecule has 0 bridgehead atoms. The van der Waals surface area contributed by atoms with Crippen molar-refractivity contribution in [2.75, 3.05) is 26.3 Å². The molecule has 4 rings (SSSR count). The fraction of sp³-hybridized carbons (Fsp3) is 0.435. The van der Waals surface area contributed by atoms with Crippen molar-refractivity contribution in [2.24, 2.45) is 0 Å². The quantitative estimate of drug-likeness (QED) is 0.461. The first-order valence-corrected chi connectivity index (χ1v) is 10.8. The van der Waals surface area contributed by atoms with Crippen molar-refractivity contribution in [2.45, 2.75) is 39.2 Å². The maximum absolute atomic E-state index is 5.94. The lowest BCUT2D eigenvalue weighted by Gasteiger charge is -2.15. The molecule has 0 saturated carbocycles. The van der Waals surface area contributed by atoms with Crippen molar-refractivity contribution < 1.29 is 9.57 Å². The molecule has 0 amide bonds. The van der Waals surface area contributed by atoms with Gasteiger partial charge in [0, 0.05) is 31.1 Å². The summed E-state index contributed by atoms with van der Waals surface area (Å²) in [5, 5.41) is 2.81. The molecule has 1 aliphatic heterocycles. The number of aryl methyl sites for hydroxylation is 2. The van der Waals surface area contributed by atoms with E-state index in [-0.39, 0.29) is 0 Å². The van der Waals surface area contributed by atoms with Crippen LogP contribution in [0.25, 0.3) is 11.0 Å². The van der Waals surface area contributed by atoms with Crippen LogP contribution in [0.1, 0.15) is 30.7 Å². The Morgan fingerprint density at radius 2 is 1.83 bits per heavy atom. The van der Waals surface area contributed by atoms with Gasteiger partial charge in [-0.2, -0.15) is 5.06 Å². The molecule has 1 fully saturated rings. The summed E-state index contributed by atoms with van der Waals surface area (Å²) in [5.74, 6) is 1.89. The number of benzene rings is 2. The number of rotatable bonds is 9. The van der Waals surface area contributed by atoms with E-state index in [0.717, 1.165) is 56.2 Å². The summed E-state index contributed by atoms with van der Waals surface area (Å²) < 4.78 is 8.22. The molecular weight excluding hydrogens is 386 g/mol. The number of nitrogens with zero attached hydrogens (tertiary/aromatic N) is 3. The molecule has 0 aliphatic carbocycles. The Labute approximate surface area is 177 Å². The zero-order valence-electron chi connectivity index (χ0n) is 16.9. The van der Waals surface area contributed by atoms with Crippen LogP contribution in [0.15, 0.2) is 42.5 Å². The Morgan fingerprint density at radius 3 is 2.62 bits per heavy atom. The Morgan fingerprint density at radius 1 is 1.03 bits per heavy atom. The molecule has 29 heavy (non-hydrogen) atoms. The molecule has 2 aromatic carbocycles. The second-order valence-corrected chi connectivity index (χ2v) is 7.93. The van der Waals surface area contributed by atoms with Gasteiger partial charge >= 0.3 is 0 Å². The minimum absolute atomic E-state index is 0.578. The van der Waals surface area contributed by atoms with Crippen LogP contribution in [-0.4, -0.2) is 40.9 Å². The Hall–Kier alpha value is -2.08. The van der Waals surface area contributed by atoms with E-state index in [1.807, 2.05) is 24.3 Å². The van der Waals surface area contributed by atoms with Crippen LogP contribution in [-0.2, 0) is 17.8 Å². The van der Waals surface area contributed by atoms with Crippen LogP contribution < -0.4 is 4.74 Å². The van der Waals surface area contributed by atoms with Crippen LogP contribution in [0.4, 0.5) is 0 Å². The van der Waals surface area contributed by atoms with E-state index in [1.165, 1.54) is 23.9 Å². The van der Waals surface area contributed by atoms with Crippen LogP contribution in [0.5, 0.6) is 5.75 Å². The monoisotopic (exact) mass is 413 g/mol. The molecular formula is C23H28ClN3O2. The summed E-state index contributed by atoms with van der Waals surface area (Å²) >= 11 is 5.94. The molecule has 0 spiro atoms. The van der Waals surface area contributed by atoms with Gasteiger partial charge in [-0.25, -0.2) is 4.98 Å². The Balaban J connectivity index is 1.41. The zero-order valence-corrected chi connectivity index (χ0v) is 17.7. The Kier molecular flexibility index (Phi) is 6.70. The van der Waals surface area contributed by atoms with E-state index < -0.39 is 0 Å². The number of ether oxygens (including phenoxy) is 1. The SMILES string of the molecule is Cc1cccc2c1nc(CCOc1ccc(Cl)cc1)n2CCCON1CCCC1. The van der Waals surface area contributed by atoms with Gasteiger partial charge in [-0.1, -0.05) is 23.7 Å². The highest BCUT2D eigenvalue weighted by atomic mass is 35.5. The Bertz CT molecular complexity index is 933. The molecule has 1 saturated heterocycles. The number of hydrogen-bond donors (Lipinski definition) is 0. The van der Waals surface area contributed by atoms with Crippen LogP contribution >= 0.6 is 11.6 Å². The fourth-order valence-electron chi connectivity index (χ4n) is 3.80. The van der Waals surface area contributed by atoms with E-state index in [0.29, 0.717) is 11.6 Å². The first-order valence-electron chi connectivity index (χ1n) is 10.4. The largest absolute Gasteiger partial charge is 0.493 e. The van der Waals surface area contributed by atoms with Crippen LogP contribution in [0.2, 0.25) is 5.02 Å². The van der Waals surface area contributed by atoms with Gasteiger partial charge in [0.25, 0.3) is 0 Å². The lowest BCUT2D eigenvalue weighted by atomic mass is 10.2. The first-order chi connectivity index (χ1) is 14.2. The van der Waals surface area contributed by atoms with E-state index in [4.69, 9.17) is 26.2 Å².